The molecule has 16 aromatic carbocycles. The van der Waals surface area contributed by atoms with Crippen LogP contribution in [0.2, 0.25) is 0 Å². The van der Waals surface area contributed by atoms with Gasteiger partial charge >= 0.3 is 0 Å². The molecule has 16 rings (SSSR count). The molecule has 0 aliphatic carbocycles. The summed E-state index contributed by atoms with van der Waals surface area (Å²) in [5.74, 6) is 0. The predicted molar refractivity (Wildman–Crippen MR) is 383 cm³/mol. The first-order chi connectivity index (χ1) is 44.6. The molecule has 0 amide bonds. The van der Waals surface area contributed by atoms with Crippen LogP contribution in [-0.4, -0.2) is 0 Å². The van der Waals surface area contributed by atoms with E-state index < -0.39 is 0 Å². The quantitative estimate of drug-likeness (QED) is 0.100. The van der Waals surface area contributed by atoms with E-state index in [1.165, 1.54) is 99.1 Å². The smallest absolute Gasteiger partial charge is 0.0540 e. The fourth-order valence-corrected chi connectivity index (χ4v) is 13.3. The van der Waals surface area contributed by atoms with Crippen molar-refractivity contribution < 1.29 is 0 Å². The summed E-state index contributed by atoms with van der Waals surface area (Å²) in [6, 6.07) is 133. The number of hydrogen-bond acceptors (Lipinski definition) is 2. The molecule has 0 radical (unpaired) electrons. The highest BCUT2D eigenvalue weighted by Crippen LogP contribution is 2.49. The van der Waals surface area contributed by atoms with Crippen molar-refractivity contribution in [2.75, 3.05) is 9.80 Å². The van der Waals surface area contributed by atoms with Gasteiger partial charge in [0.2, 0.25) is 0 Å². The van der Waals surface area contributed by atoms with Gasteiger partial charge in [0.15, 0.2) is 0 Å². The van der Waals surface area contributed by atoms with E-state index in [9.17, 15) is 0 Å². The van der Waals surface area contributed by atoms with Crippen LogP contribution in [0, 0.1) is 0 Å². The van der Waals surface area contributed by atoms with Crippen molar-refractivity contribution in [2.45, 2.75) is 0 Å². The number of hydrogen-bond donors (Lipinski definition) is 0. The van der Waals surface area contributed by atoms with Gasteiger partial charge in [0, 0.05) is 33.5 Å². The Hall–Kier alpha value is -11.8. The first-order valence-electron chi connectivity index (χ1n) is 30.9. The maximum absolute atomic E-state index is 2.46. The maximum Gasteiger partial charge on any atom is 0.0540 e. The normalized spacial score (nSPS) is 11.3. The van der Waals surface area contributed by atoms with Crippen molar-refractivity contribution in [3.63, 3.8) is 0 Å². The van der Waals surface area contributed by atoms with Crippen LogP contribution in [0.5, 0.6) is 0 Å². The van der Waals surface area contributed by atoms with Crippen LogP contribution >= 0.6 is 0 Å². The Balaban J connectivity index is 0.849. The summed E-state index contributed by atoms with van der Waals surface area (Å²) in [5, 5.41) is 7.21. The Bertz CT molecular complexity index is 4740. The molecule has 0 aromatic heterocycles. The zero-order chi connectivity index (χ0) is 59.7. The van der Waals surface area contributed by atoms with Crippen LogP contribution in [-0.2, 0) is 0 Å². The molecule has 0 N–H and O–H groups in total. The number of benzene rings is 16. The summed E-state index contributed by atoms with van der Waals surface area (Å²) in [4.78, 5) is 4.92. The zero-order valence-corrected chi connectivity index (χ0v) is 49.5. The summed E-state index contributed by atoms with van der Waals surface area (Å²) in [6.45, 7) is 0. The fourth-order valence-electron chi connectivity index (χ4n) is 13.3. The van der Waals surface area contributed by atoms with Crippen LogP contribution in [0.15, 0.2) is 364 Å². The monoisotopic (exact) mass is 1140 g/mol. The van der Waals surface area contributed by atoms with Crippen molar-refractivity contribution in [2.24, 2.45) is 0 Å². The van der Waals surface area contributed by atoms with Crippen LogP contribution in [0.25, 0.3) is 121 Å². The van der Waals surface area contributed by atoms with E-state index in [1.807, 2.05) is 0 Å². The lowest BCUT2D eigenvalue weighted by atomic mass is 9.91. The molecule has 0 aliphatic heterocycles. The Morgan fingerprint density at radius 3 is 0.678 bits per heavy atom. The van der Waals surface area contributed by atoms with E-state index in [0.717, 1.165) is 56.4 Å². The molecular formula is C88H60N2. The minimum atomic E-state index is 1.07. The average Bonchev–Trinajstić information content (AvgIpc) is 1.15. The largest absolute Gasteiger partial charge is 0.310 e. The van der Waals surface area contributed by atoms with Gasteiger partial charge < -0.3 is 9.80 Å². The number of anilines is 6. The molecule has 16 aromatic rings. The minimum absolute atomic E-state index is 1.07. The van der Waals surface area contributed by atoms with E-state index in [1.54, 1.807) is 0 Å². The van der Waals surface area contributed by atoms with Crippen LogP contribution in [0.1, 0.15) is 0 Å². The van der Waals surface area contributed by atoms with Crippen LogP contribution in [0.4, 0.5) is 34.1 Å². The first kappa shape index (κ1) is 53.6. The topological polar surface area (TPSA) is 6.48 Å². The van der Waals surface area contributed by atoms with Crippen molar-refractivity contribution in [1.82, 2.24) is 0 Å². The molecule has 0 atom stereocenters. The standard InChI is InChI=1S/C88H60N2/c1-7-21-61(22-8-1)71-33-19-35-81(59-71)89(79-45-37-67(38-46-79)77-55-73(63-25-11-3-12-26-63)53-74(56-77)64-27-13-4-14-28-64)85-51-43-69-42-50-84-86(52-44-70-41-49-83(85)87(69)88(70)84)90(82-36-20-34-72(60-82)62-23-9-2-10-24-62)80-47-39-68(40-48-80)78-57-75(65-29-15-5-16-30-65)54-76(58-78)66-31-17-6-18-32-66/h1-60H. The average molecular weight is 1150 g/mol. The molecule has 0 bridgehead atoms. The van der Waals surface area contributed by atoms with Gasteiger partial charge in [-0.15, -0.1) is 0 Å². The first-order valence-corrected chi connectivity index (χ1v) is 30.9. The summed E-state index contributed by atoms with van der Waals surface area (Å²) in [6.07, 6.45) is 0. The molecule has 0 aliphatic rings. The highest BCUT2D eigenvalue weighted by atomic mass is 15.1. The van der Waals surface area contributed by atoms with E-state index >= 15 is 0 Å². The lowest BCUT2D eigenvalue weighted by Crippen LogP contribution is -2.11. The Labute approximate surface area is 526 Å². The Morgan fingerprint density at radius 1 is 0.144 bits per heavy atom. The van der Waals surface area contributed by atoms with E-state index in [2.05, 4.69) is 374 Å². The van der Waals surface area contributed by atoms with Gasteiger partial charge in [-0.1, -0.05) is 267 Å². The van der Waals surface area contributed by atoms with Gasteiger partial charge in [-0.2, -0.15) is 0 Å². The SMILES string of the molecule is c1ccc(-c2cc(-c3ccccc3)cc(-c3ccc(N(c4cccc(-c5ccccc5)c4)c4ccc5ccc6c(N(c7ccc(-c8cc(-c9ccccc9)cc(-c9ccccc9)c8)cc7)c7cccc(-c8ccccc8)c7)ccc7ccc4c5c76)cc3)c2)cc1. The predicted octanol–water partition coefficient (Wildman–Crippen LogP) is 24.9. The molecule has 0 heterocycles. The third-order valence-electron chi connectivity index (χ3n) is 17.7. The second-order valence-electron chi connectivity index (χ2n) is 23.3. The maximum atomic E-state index is 2.46. The molecule has 0 fully saturated rings. The lowest BCUT2D eigenvalue weighted by Gasteiger charge is -2.30. The molecule has 0 saturated carbocycles. The molecule has 422 valence electrons. The summed E-state index contributed by atoms with van der Waals surface area (Å²) >= 11 is 0. The Morgan fingerprint density at radius 2 is 0.389 bits per heavy atom. The summed E-state index contributed by atoms with van der Waals surface area (Å²) in [7, 11) is 0. The highest BCUT2D eigenvalue weighted by Gasteiger charge is 2.23. The van der Waals surface area contributed by atoms with E-state index in [0.29, 0.717) is 0 Å². The molecule has 0 saturated heterocycles. The van der Waals surface area contributed by atoms with E-state index in [4.69, 9.17) is 0 Å². The third-order valence-corrected chi connectivity index (χ3v) is 17.7. The molecular weight excluding hydrogens is 1080 g/mol. The number of nitrogens with zero attached hydrogens (tertiary/aromatic N) is 2. The van der Waals surface area contributed by atoms with Crippen molar-refractivity contribution in [1.29, 1.82) is 0 Å². The minimum Gasteiger partial charge on any atom is -0.310 e. The van der Waals surface area contributed by atoms with E-state index in [-0.39, 0.29) is 0 Å². The van der Waals surface area contributed by atoms with Crippen molar-refractivity contribution in [3.8, 4) is 89.0 Å². The molecule has 90 heavy (non-hydrogen) atoms. The van der Waals surface area contributed by atoms with Gasteiger partial charge in [-0.25, -0.2) is 0 Å². The highest BCUT2D eigenvalue weighted by molar-refractivity contribution is 6.28. The molecule has 0 unspecified atom stereocenters. The van der Waals surface area contributed by atoms with Gasteiger partial charge in [0.25, 0.3) is 0 Å². The van der Waals surface area contributed by atoms with Crippen LogP contribution < -0.4 is 9.80 Å². The van der Waals surface area contributed by atoms with Crippen molar-refractivity contribution in [3.05, 3.63) is 364 Å². The van der Waals surface area contributed by atoms with Gasteiger partial charge in [0.05, 0.1) is 11.4 Å². The van der Waals surface area contributed by atoms with Crippen LogP contribution in [0.3, 0.4) is 0 Å². The van der Waals surface area contributed by atoms with Gasteiger partial charge in [-0.05, 0) is 208 Å². The zero-order valence-electron chi connectivity index (χ0n) is 49.5. The fraction of sp³-hybridized carbons (Fsp3) is 0. The second-order valence-corrected chi connectivity index (χ2v) is 23.3. The summed E-state index contributed by atoms with van der Waals surface area (Å²) < 4.78 is 0. The lowest BCUT2D eigenvalue weighted by molar-refractivity contribution is 1.30. The number of rotatable bonds is 14. The van der Waals surface area contributed by atoms with Gasteiger partial charge in [-0.3, -0.25) is 0 Å². The summed E-state index contributed by atoms with van der Waals surface area (Å²) in [5.41, 5.74) is 25.3. The molecule has 2 heteroatoms. The second kappa shape index (κ2) is 23.4. The van der Waals surface area contributed by atoms with Crippen molar-refractivity contribution >= 4 is 66.4 Å². The molecule has 0 spiro atoms. The van der Waals surface area contributed by atoms with Gasteiger partial charge in [0.1, 0.15) is 0 Å². The molecule has 2 nitrogen and oxygen atoms in total. The Kier molecular flexibility index (Phi) is 14.0. The third kappa shape index (κ3) is 10.3.